The quantitative estimate of drug-likeness (QED) is 0.701. The Labute approximate surface area is 162 Å². The summed E-state index contributed by atoms with van der Waals surface area (Å²) in [5.74, 6) is 1.05. The minimum atomic E-state index is 0.0220. The molecule has 1 amide bonds. The standard InChI is InChI=1S/C19H19N5O2.CHN/c1-26-10-12-4-5-21-8-14(12)16-6-13-7-17(24-19(25)11-2-3-11)22-9-15(13)18(20)23-16;1-2/h4-9,11H,2-3,10H2,1H3,(H2,20,23)(H,22,24,25);1H. The average Bonchev–Trinajstić information content (AvgIpc) is 3.55. The Hall–Kier alpha value is -3.57. The number of aromatic nitrogens is 3. The lowest BCUT2D eigenvalue weighted by atomic mass is 10.0. The number of carbonyl (C=O) groups is 1. The molecule has 1 fully saturated rings. The number of rotatable bonds is 5. The first-order valence-electron chi connectivity index (χ1n) is 8.71. The Morgan fingerprint density at radius 1 is 1.36 bits per heavy atom. The molecule has 0 unspecified atom stereocenters. The molecule has 0 aromatic carbocycles. The maximum absolute atomic E-state index is 12.0. The van der Waals surface area contributed by atoms with E-state index in [1.54, 1.807) is 25.7 Å². The summed E-state index contributed by atoms with van der Waals surface area (Å²) < 4.78 is 5.25. The number of amides is 1. The van der Waals surface area contributed by atoms with Crippen molar-refractivity contribution >= 4 is 28.3 Å². The van der Waals surface area contributed by atoms with Crippen molar-refractivity contribution in [2.24, 2.45) is 5.92 Å². The van der Waals surface area contributed by atoms with Crippen LogP contribution in [0.3, 0.4) is 0 Å². The fourth-order valence-electron chi connectivity index (χ4n) is 2.89. The summed E-state index contributed by atoms with van der Waals surface area (Å²) in [5, 5.41) is 11.0. The minimum absolute atomic E-state index is 0.0220. The second-order valence-electron chi connectivity index (χ2n) is 6.41. The molecular formula is C20H20N6O2. The molecule has 3 aromatic heterocycles. The average molecular weight is 376 g/mol. The summed E-state index contributed by atoms with van der Waals surface area (Å²) in [6, 6.07) is 5.65. The second-order valence-corrected chi connectivity index (χ2v) is 6.41. The number of nitrogens with zero attached hydrogens (tertiary/aromatic N) is 4. The van der Waals surface area contributed by atoms with E-state index in [0.29, 0.717) is 23.9 Å². The van der Waals surface area contributed by atoms with Gasteiger partial charge in [0, 0.05) is 49.1 Å². The van der Waals surface area contributed by atoms with Gasteiger partial charge in [0.2, 0.25) is 5.91 Å². The molecule has 1 aliphatic carbocycles. The highest BCUT2D eigenvalue weighted by molar-refractivity contribution is 5.98. The Morgan fingerprint density at radius 3 is 2.86 bits per heavy atom. The van der Waals surface area contributed by atoms with Crippen LogP contribution >= 0.6 is 0 Å². The van der Waals surface area contributed by atoms with Gasteiger partial charge in [-0.05, 0) is 42.0 Å². The number of hydrogen-bond acceptors (Lipinski definition) is 7. The van der Waals surface area contributed by atoms with Crippen molar-refractivity contribution in [1.29, 1.82) is 5.26 Å². The van der Waals surface area contributed by atoms with E-state index >= 15 is 0 Å². The number of nitrogen functional groups attached to an aromatic ring is 1. The van der Waals surface area contributed by atoms with Crippen molar-refractivity contribution in [2.75, 3.05) is 18.2 Å². The van der Waals surface area contributed by atoms with Crippen molar-refractivity contribution in [3.8, 4) is 17.8 Å². The van der Waals surface area contributed by atoms with Crippen LogP contribution in [0.5, 0.6) is 0 Å². The van der Waals surface area contributed by atoms with Crippen molar-refractivity contribution in [3.05, 3.63) is 42.4 Å². The summed E-state index contributed by atoms with van der Waals surface area (Å²) in [5.41, 5.74) is 8.69. The first-order chi connectivity index (χ1) is 13.7. The van der Waals surface area contributed by atoms with E-state index < -0.39 is 0 Å². The Kier molecular flexibility index (Phi) is 5.77. The molecule has 142 valence electrons. The third kappa shape index (κ3) is 4.05. The highest BCUT2D eigenvalue weighted by Crippen LogP contribution is 2.31. The Morgan fingerprint density at radius 2 is 2.14 bits per heavy atom. The number of nitrogens with two attached hydrogens (primary N) is 1. The molecule has 1 saturated carbocycles. The zero-order valence-electron chi connectivity index (χ0n) is 15.4. The van der Waals surface area contributed by atoms with Gasteiger partial charge < -0.3 is 15.8 Å². The van der Waals surface area contributed by atoms with E-state index in [0.717, 1.165) is 34.7 Å². The van der Waals surface area contributed by atoms with Crippen LogP contribution in [-0.4, -0.2) is 28.0 Å². The summed E-state index contributed by atoms with van der Waals surface area (Å²) in [6.45, 7) is 3.95. The van der Waals surface area contributed by atoms with E-state index in [4.69, 9.17) is 15.7 Å². The fourth-order valence-corrected chi connectivity index (χ4v) is 2.89. The van der Waals surface area contributed by atoms with E-state index in [2.05, 4.69) is 26.8 Å². The molecule has 0 saturated heterocycles. The molecule has 28 heavy (non-hydrogen) atoms. The lowest BCUT2D eigenvalue weighted by Gasteiger charge is -2.11. The van der Waals surface area contributed by atoms with Gasteiger partial charge in [0.05, 0.1) is 12.3 Å². The monoisotopic (exact) mass is 376 g/mol. The molecule has 8 heteroatoms. The van der Waals surface area contributed by atoms with Crippen LogP contribution < -0.4 is 11.1 Å². The molecule has 1 aliphatic rings. The topological polar surface area (TPSA) is 127 Å². The van der Waals surface area contributed by atoms with Crippen molar-refractivity contribution < 1.29 is 9.53 Å². The van der Waals surface area contributed by atoms with E-state index in [-0.39, 0.29) is 11.8 Å². The van der Waals surface area contributed by atoms with Crippen LogP contribution in [0.25, 0.3) is 22.0 Å². The van der Waals surface area contributed by atoms with Gasteiger partial charge >= 0.3 is 0 Å². The smallest absolute Gasteiger partial charge is 0.228 e. The van der Waals surface area contributed by atoms with Gasteiger partial charge in [-0.3, -0.25) is 9.78 Å². The van der Waals surface area contributed by atoms with Crippen molar-refractivity contribution in [1.82, 2.24) is 15.0 Å². The molecule has 0 radical (unpaired) electrons. The predicted octanol–water partition coefficient (Wildman–Crippen LogP) is 2.91. The van der Waals surface area contributed by atoms with Crippen LogP contribution in [0.1, 0.15) is 18.4 Å². The van der Waals surface area contributed by atoms with Crippen LogP contribution in [0.2, 0.25) is 0 Å². The van der Waals surface area contributed by atoms with Gasteiger partial charge in [0.25, 0.3) is 0 Å². The molecule has 0 bridgehead atoms. The molecule has 0 atom stereocenters. The van der Waals surface area contributed by atoms with Crippen molar-refractivity contribution in [3.63, 3.8) is 0 Å². The molecule has 8 nitrogen and oxygen atoms in total. The molecule has 3 aromatic rings. The number of pyridine rings is 3. The highest BCUT2D eigenvalue weighted by Gasteiger charge is 2.29. The summed E-state index contributed by atoms with van der Waals surface area (Å²) in [6.07, 6.45) is 7.01. The van der Waals surface area contributed by atoms with Gasteiger partial charge in [0.1, 0.15) is 11.6 Å². The highest BCUT2D eigenvalue weighted by atomic mass is 16.5. The lowest BCUT2D eigenvalue weighted by Crippen LogP contribution is -2.14. The number of methoxy groups -OCH3 is 1. The lowest BCUT2D eigenvalue weighted by molar-refractivity contribution is -0.117. The van der Waals surface area contributed by atoms with E-state index in [1.807, 2.05) is 18.2 Å². The van der Waals surface area contributed by atoms with Gasteiger partial charge in [-0.25, -0.2) is 15.2 Å². The van der Waals surface area contributed by atoms with Crippen LogP contribution in [-0.2, 0) is 16.1 Å². The van der Waals surface area contributed by atoms with Crippen molar-refractivity contribution in [2.45, 2.75) is 19.4 Å². The molecule has 4 rings (SSSR count). The first kappa shape index (κ1) is 19.2. The Bertz CT molecular complexity index is 1030. The van der Waals surface area contributed by atoms with E-state index in [1.165, 1.54) is 0 Å². The first-order valence-corrected chi connectivity index (χ1v) is 8.71. The number of anilines is 2. The zero-order valence-corrected chi connectivity index (χ0v) is 15.4. The predicted molar refractivity (Wildman–Crippen MR) is 106 cm³/mol. The second kappa shape index (κ2) is 8.41. The SMILES string of the molecule is C#N.COCc1ccncc1-c1cc2cc(NC(=O)C3CC3)ncc2c(N)n1. The summed E-state index contributed by atoms with van der Waals surface area (Å²) in [7, 11) is 1.65. The molecule has 0 aliphatic heterocycles. The molecule has 0 spiro atoms. The summed E-state index contributed by atoms with van der Waals surface area (Å²) in [4.78, 5) is 24.9. The fraction of sp³-hybridized carbons (Fsp3) is 0.250. The van der Waals surface area contributed by atoms with E-state index in [9.17, 15) is 4.79 Å². The number of fused-ring (bicyclic) bond motifs is 1. The minimum Gasteiger partial charge on any atom is -0.383 e. The van der Waals surface area contributed by atoms with Gasteiger partial charge in [-0.2, -0.15) is 0 Å². The number of ether oxygens (including phenoxy) is 1. The van der Waals surface area contributed by atoms with Crippen LogP contribution in [0.15, 0.2) is 36.8 Å². The molecule has 3 N–H and O–H groups in total. The van der Waals surface area contributed by atoms with Gasteiger partial charge in [0.15, 0.2) is 0 Å². The van der Waals surface area contributed by atoms with Gasteiger partial charge in [-0.1, -0.05) is 0 Å². The number of nitrogens with one attached hydrogen (secondary N) is 1. The normalized spacial score (nSPS) is 12.8. The number of nitriles is 1. The Balaban J connectivity index is 0.00000109. The molecular weight excluding hydrogens is 356 g/mol. The maximum Gasteiger partial charge on any atom is 0.228 e. The zero-order chi connectivity index (χ0) is 20.1. The van der Waals surface area contributed by atoms with Crippen LogP contribution in [0, 0.1) is 17.8 Å². The van der Waals surface area contributed by atoms with Crippen LogP contribution in [0.4, 0.5) is 11.6 Å². The number of carbonyl (C=O) groups excluding carboxylic acids is 1. The number of hydrogen-bond donors (Lipinski definition) is 2. The van der Waals surface area contributed by atoms with Gasteiger partial charge in [-0.15, -0.1) is 0 Å². The molecule has 3 heterocycles. The maximum atomic E-state index is 12.0. The largest absolute Gasteiger partial charge is 0.383 e. The summed E-state index contributed by atoms with van der Waals surface area (Å²) >= 11 is 0. The third-order valence-corrected chi connectivity index (χ3v) is 4.43. The third-order valence-electron chi connectivity index (χ3n) is 4.43.